The minimum absolute atomic E-state index is 0.0472. The molecule has 2 aromatic carbocycles. The van der Waals surface area contributed by atoms with Gasteiger partial charge in [-0.15, -0.1) is 0 Å². The van der Waals surface area contributed by atoms with Crippen LogP contribution >= 0.6 is 0 Å². The third kappa shape index (κ3) is 12.6. The fourth-order valence-electron chi connectivity index (χ4n) is 7.75. The maximum Gasteiger partial charge on any atom is 0.491 e. The summed E-state index contributed by atoms with van der Waals surface area (Å²) in [6.45, 7) is 4.43. The molecule has 334 valence electrons. The van der Waals surface area contributed by atoms with Crippen molar-refractivity contribution in [3.8, 4) is 0 Å². The number of aliphatic hydroxyl groups excluding tert-OH is 1. The molecule has 1 fully saturated rings. The van der Waals surface area contributed by atoms with Gasteiger partial charge in [-0.1, -0.05) is 25.5 Å². The van der Waals surface area contributed by atoms with Crippen molar-refractivity contribution in [1.29, 1.82) is 0 Å². The average molecular weight is 863 g/mol. The number of unbranched alkanes of at least 4 members (excludes halogenated alkanes) is 1. The van der Waals surface area contributed by atoms with Crippen molar-refractivity contribution in [2.75, 3.05) is 26.2 Å². The van der Waals surface area contributed by atoms with Gasteiger partial charge in [-0.25, -0.2) is 4.79 Å². The van der Waals surface area contributed by atoms with Crippen molar-refractivity contribution in [3.63, 3.8) is 0 Å². The summed E-state index contributed by atoms with van der Waals surface area (Å²) in [4.78, 5) is 91.6. The van der Waals surface area contributed by atoms with E-state index in [0.717, 1.165) is 11.1 Å². The quantitative estimate of drug-likeness (QED) is 0.0467. The molecule has 62 heavy (non-hydrogen) atoms. The zero-order valence-corrected chi connectivity index (χ0v) is 35.0. The SMILES string of the molecule is CC[C@@H](CCCCNC(=O)[C@@H](CCNC(=O)CCCNC(=O)c1ccc2c(c1)B(O)OC2)NC(=O)c1ccc2c(c1)B(O)OC2)C(=O)N1CCC[C@H]1C(=O)N[C@H](C(=O)O)[C@@H](C)O. The summed E-state index contributed by atoms with van der Waals surface area (Å²) in [6.07, 6.45) is 2.10. The van der Waals surface area contributed by atoms with Gasteiger partial charge in [0.25, 0.3) is 11.8 Å². The normalized spacial score (nSPS) is 17.3. The van der Waals surface area contributed by atoms with Crippen LogP contribution in [0.5, 0.6) is 0 Å². The largest absolute Gasteiger partial charge is 0.491 e. The molecule has 0 unspecified atom stereocenters. The Balaban J connectivity index is 1.08. The van der Waals surface area contributed by atoms with Crippen LogP contribution in [-0.2, 0) is 46.5 Å². The highest BCUT2D eigenvalue weighted by Crippen LogP contribution is 2.24. The highest BCUT2D eigenvalue weighted by Gasteiger charge is 2.39. The van der Waals surface area contributed by atoms with Gasteiger partial charge in [0, 0.05) is 49.6 Å². The lowest BCUT2D eigenvalue weighted by atomic mass is 9.78. The second-order valence-electron chi connectivity index (χ2n) is 15.8. The Labute approximate surface area is 360 Å². The summed E-state index contributed by atoms with van der Waals surface area (Å²) in [7, 11) is -2.25. The zero-order chi connectivity index (χ0) is 44.9. The van der Waals surface area contributed by atoms with Gasteiger partial charge in [0.15, 0.2) is 6.04 Å². The lowest BCUT2D eigenvalue weighted by Crippen LogP contribution is -2.54. The van der Waals surface area contributed by atoms with E-state index in [-0.39, 0.29) is 69.0 Å². The van der Waals surface area contributed by atoms with Gasteiger partial charge in [-0.05, 0) is 98.2 Å². The van der Waals surface area contributed by atoms with Gasteiger partial charge in [0.2, 0.25) is 23.6 Å². The van der Waals surface area contributed by atoms with Crippen LogP contribution in [0.4, 0.5) is 0 Å². The number of hydrogen-bond donors (Lipinski definition) is 9. The summed E-state index contributed by atoms with van der Waals surface area (Å²) in [6, 6.07) is 6.29. The third-order valence-corrected chi connectivity index (χ3v) is 11.4. The zero-order valence-electron chi connectivity index (χ0n) is 35.0. The lowest BCUT2D eigenvalue weighted by molar-refractivity contribution is -0.147. The fourth-order valence-corrected chi connectivity index (χ4v) is 7.75. The van der Waals surface area contributed by atoms with Crippen LogP contribution < -0.4 is 37.5 Å². The van der Waals surface area contributed by atoms with E-state index in [2.05, 4.69) is 26.6 Å². The van der Waals surface area contributed by atoms with E-state index in [1.54, 1.807) is 30.3 Å². The number of nitrogens with zero attached hydrogens (tertiary/aromatic N) is 1. The standard InChI is InChI=1S/C41H56B2N6O13/c1-3-25(40(56)49-19-7-9-33(49)39(55)48-35(24(2)50)41(57)58)8-4-5-16-46-38(54)32(47-37(53)27-12-14-29-23-62-43(60)31(29)21-27)15-18-44-34(51)10-6-17-45-36(52)26-11-13-28-22-61-42(59)30(28)20-26/h11-14,20-21,24-25,32-33,35,50,59-60H,3-10,15-19,22-23H2,1-2H3,(H,44,51)(H,45,52)(H,46,54)(H,47,53)(H,48,55)(H,57,58)/t24-,25+,32-,33+,35+/m1/s1. The average Bonchev–Trinajstić information content (AvgIpc) is 4.00. The summed E-state index contributed by atoms with van der Waals surface area (Å²) in [5.74, 6) is -4.37. The number of likely N-dealkylation sites (tertiary alicyclic amines) is 1. The molecule has 3 heterocycles. The first-order valence-corrected chi connectivity index (χ1v) is 21.2. The molecule has 0 saturated carbocycles. The molecule has 19 nitrogen and oxygen atoms in total. The molecule has 5 rings (SSSR count). The van der Waals surface area contributed by atoms with Gasteiger partial charge in [0.05, 0.1) is 19.3 Å². The first-order chi connectivity index (χ1) is 29.7. The molecular weight excluding hydrogens is 806 g/mol. The number of aliphatic hydroxyl groups is 1. The molecule has 21 heteroatoms. The van der Waals surface area contributed by atoms with E-state index in [9.17, 15) is 53.8 Å². The molecule has 0 bridgehead atoms. The molecular formula is C41H56B2N6O13. The molecule has 0 aromatic heterocycles. The van der Waals surface area contributed by atoms with Crippen molar-refractivity contribution in [2.45, 2.75) is 109 Å². The summed E-state index contributed by atoms with van der Waals surface area (Å²) in [5.41, 5.74) is 3.12. The van der Waals surface area contributed by atoms with Crippen LogP contribution in [0.3, 0.4) is 0 Å². The number of aliphatic carboxylic acids is 1. The third-order valence-electron chi connectivity index (χ3n) is 11.4. The number of hydrogen-bond acceptors (Lipinski definition) is 12. The number of fused-ring (bicyclic) bond motifs is 2. The van der Waals surface area contributed by atoms with Crippen molar-refractivity contribution < 1.29 is 63.1 Å². The number of nitrogens with one attached hydrogen (secondary N) is 5. The summed E-state index contributed by atoms with van der Waals surface area (Å²) >= 11 is 0. The molecule has 0 radical (unpaired) electrons. The van der Waals surface area contributed by atoms with Crippen molar-refractivity contribution in [1.82, 2.24) is 31.5 Å². The van der Waals surface area contributed by atoms with Crippen LogP contribution in [0.15, 0.2) is 36.4 Å². The van der Waals surface area contributed by atoms with Gasteiger partial charge in [0.1, 0.15) is 12.1 Å². The van der Waals surface area contributed by atoms with E-state index in [1.807, 2.05) is 6.92 Å². The first kappa shape index (κ1) is 47.7. The molecule has 5 atom stereocenters. The number of benzene rings is 2. The number of amides is 6. The summed E-state index contributed by atoms with van der Waals surface area (Å²) in [5, 5.41) is 52.7. The minimum atomic E-state index is -1.50. The monoisotopic (exact) mass is 862 g/mol. The second-order valence-corrected chi connectivity index (χ2v) is 15.8. The Bertz CT molecular complexity index is 1970. The number of rotatable bonds is 22. The van der Waals surface area contributed by atoms with Gasteiger partial charge in [-0.2, -0.15) is 0 Å². The van der Waals surface area contributed by atoms with Gasteiger partial charge >= 0.3 is 20.2 Å². The van der Waals surface area contributed by atoms with Crippen molar-refractivity contribution in [2.24, 2.45) is 5.92 Å². The number of carbonyl (C=O) groups excluding carboxylic acids is 6. The molecule has 3 aliphatic rings. The Hall–Kier alpha value is -5.34. The molecule has 9 N–H and O–H groups in total. The van der Waals surface area contributed by atoms with E-state index in [4.69, 9.17) is 9.31 Å². The maximum absolute atomic E-state index is 13.5. The Morgan fingerprint density at radius 1 is 0.806 bits per heavy atom. The van der Waals surface area contributed by atoms with Gasteiger partial charge < -0.3 is 61.1 Å². The topological polar surface area (TPSA) is 282 Å². The highest BCUT2D eigenvalue weighted by atomic mass is 16.5. The lowest BCUT2D eigenvalue weighted by Gasteiger charge is -2.29. The Morgan fingerprint density at radius 3 is 2.05 bits per heavy atom. The molecule has 3 aliphatic heterocycles. The van der Waals surface area contributed by atoms with Crippen LogP contribution in [0.1, 0.15) is 103 Å². The molecule has 0 spiro atoms. The van der Waals surface area contributed by atoms with Crippen LogP contribution in [0.25, 0.3) is 0 Å². The second kappa shape index (κ2) is 22.7. The van der Waals surface area contributed by atoms with Crippen LogP contribution in [0, 0.1) is 5.92 Å². The smallest absolute Gasteiger partial charge is 0.480 e. The number of carboxylic acids is 1. The number of carbonyl (C=O) groups is 7. The molecule has 0 aliphatic carbocycles. The maximum atomic E-state index is 13.5. The van der Waals surface area contributed by atoms with Crippen LogP contribution in [0.2, 0.25) is 0 Å². The molecule has 6 amide bonds. The fraction of sp³-hybridized carbons (Fsp3) is 0.537. The number of carboxylic acid groups (broad SMARTS) is 1. The van der Waals surface area contributed by atoms with E-state index < -0.39 is 68.1 Å². The van der Waals surface area contributed by atoms with E-state index in [0.29, 0.717) is 68.0 Å². The van der Waals surface area contributed by atoms with Gasteiger partial charge in [-0.3, -0.25) is 28.8 Å². The predicted molar refractivity (Wildman–Crippen MR) is 225 cm³/mol. The highest BCUT2D eigenvalue weighted by molar-refractivity contribution is 6.62. The van der Waals surface area contributed by atoms with Crippen molar-refractivity contribution >= 4 is 66.6 Å². The molecule has 1 saturated heterocycles. The Morgan fingerprint density at radius 2 is 1.44 bits per heavy atom. The minimum Gasteiger partial charge on any atom is -0.480 e. The van der Waals surface area contributed by atoms with E-state index >= 15 is 0 Å². The summed E-state index contributed by atoms with van der Waals surface area (Å²) < 4.78 is 10.4. The predicted octanol–water partition coefficient (Wildman–Crippen LogP) is -1.81. The van der Waals surface area contributed by atoms with E-state index in [1.165, 1.54) is 17.9 Å². The van der Waals surface area contributed by atoms with Crippen molar-refractivity contribution in [3.05, 3.63) is 58.7 Å². The molecule has 2 aromatic rings. The Kier molecular flexibility index (Phi) is 17.4. The first-order valence-electron chi connectivity index (χ1n) is 21.2. The van der Waals surface area contributed by atoms with Crippen LogP contribution in [-0.4, -0.2) is 131 Å².